The number of amidine groups is 1. The van der Waals surface area contributed by atoms with Crippen LogP contribution >= 0.6 is 0 Å². The smallest absolute Gasteiger partial charge is 0.412 e. The van der Waals surface area contributed by atoms with Crippen molar-refractivity contribution in [2.75, 3.05) is 34.4 Å². The van der Waals surface area contributed by atoms with Crippen molar-refractivity contribution in [3.05, 3.63) is 53.6 Å². The molecule has 2 aromatic rings. The highest BCUT2D eigenvalue weighted by molar-refractivity contribution is 6.04. The molecule has 0 spiro atoms. The molecule has 0 bridgehead atoms. The Hall–Kier alpha value is -3.92. The van der Waals surface area contributed by atoms with Crippen molar-refractivity contribution in [3.63, 3.8) is 0 Å². The van der Waals surface area contributed by atoms with Crippen LogP contribution in [0.25, 0.3) is 11.1 Å². The van der Waals surface area contributed by atoms with E-state index in [1.165, 1.54) is 14.2 Å². The van der Waals surface area contributed by atoms with E-state index in [1.807, 2.05) is 18.2 Å². The molecule has 2 amide bonds. The van der Waals surface area contributed by atoms with Crippen LogP contribution in [-0.4, -0.2) is 75.2 Å². The van der Waals surface area contributed by atoms with Crippen LogP contribution in [-0.2, 0) is 14.3 Å². The van der Waals surface area contributed by atoms with Crippen molar-refractivity contribution < 1.29 is 28.6 Å². The predicted molar refractivity (Wildman–Crippen MR) is 151 cm³/mol. The Kier molecular flexibility index (Phi) is 9.76. The maximum atomic E-state index is 13.3. The summed E-state index contributed by atoms with van der Waals surface area (Å²) in [7, 11) is 4.85. The van der Waals surface area contributed by atoms with Gasteiger partial charge in [0.1, 0.15) is 17.7 Å². The van der Waals surface area contributed by atoms with E-state index in [9.17, 15) is 14.4 Å². The zero-order valence-electron chi connectivity index (χ0n) is 23.3. The maximum absolute atomic E-state index is 13.3. The van der Waals surface area contributed by atoms with Crippen LogP contribution < -0.4 is 15.4 Å². The summed E-state index contributed by atoms with van der Waals surface area (Å²) in [4.78, 5) is 39.6. The lowest BCUT2D eigenvalue weighted by molar-refractivity contribution is -0.157. The number of carbonyl (C=O) groups excluding carboxylic acids is 3. The number of hydrogen-bond donors (Lipinski definition) is 3. The number of nitrogens with zero attached hydrogens (tertiary/aromatic N) is 1. The van der Waals surface area contributed by atoms with Crippen molar-refractivity contribution >= 4 is 23.8 Å². The first kappa shape index (κ1) is 29.1. The SMILES string of the molecule is COC(=O)NC(=N)c1ccc(-c2ccc(OC)c(C(=O)NC3CCC(C(=O)OC4CCN(C)CC4)CC3)c2)cc1. The molecule has 1 aliphatic heterocycles. The van der Waals surface area contributed by atoms with Gasteiger partial charge in [-0.25, -0.2) is 4.79 Å². The molecule has 3 N–H and O–H groups in total. The number of nitrogens with one attached hydrogen (secondary N) is 3. The Morgan fingerprint density at radius 1 is 0.900 bits per heavy atom. The average molecular weight is 551 g/mol. The summed E-state index contributed by atoms with van der Waals surface area (Å²) >= 11 is 0. The largest absolute Gasteiger partial charge is 0.496 e. The minimum atomic E-state index is -0.707. The monoisotopic (exact) mass is 550 g/mol. The first-order valence-electron chi connectivity index (χ1n) is 13.7. The van der Waals surface area contributed by atoms with Crippen LogP contribution in [0.5, 0.6) is 5.75 Å². The predicted octanol–water partition coefficient (Wildman–Crippen LogP) is 3.97. The zero-order valence-corrected chi connectivity index (χ0v) is 23.3. The van der Waals surface area contributed by atoms with Gasteiger partial charge in [0, 0.05) is 24.7 Å². The molecular formula is C30H38N4O6. The van der Waals surface area contributed by atoms with Crippen LogP contribution in [0.3, 0.4) is 0 Å². The van der Waals surface area contributed by atoms with E-state index in [1.54, 1.807) is 24.3 Å². The molecule has 2 aliphatic rings. The molecule has 10 heteroatoms. The van der Waals surface area contributed by atoms with Gasteiger partial charge in [0.15, 0.2) is 0 Å². The Bertz CT molecular complexity index is 1220. The van der Waals surface area contributed by atoms with Crippen LogP contribution in [0.4, 0.5) is 4.79 Å². The number of ether oxygens (including phenoxy) is 3. The van der Waals surface area contributed by atoms with E-state index in [2.05, 4.69) is 27.3 Å². The third kappa shape index (κ3) is 7.38. The molecule has 1 saturated carbocycles. The van der Waals surface area contributed by atoms with Gasteiger partial charge < -0.3 is 24.4 Å². The molecule has 40 heavy (non-hydrogen) atoms. The molecule has 0 radical (unpaired) electrons. The molecule has 0 atom stereocenters. The number of alkyl carbamates (subject to hydrolysis) is 1. The van der Waals surface area contributed by atoms with Crippen molar-refractivity contribution in [1.82, 2.24) is 15.5 Å². The quantitative estimate of drug-likeness (QED) is 0.270. The fourth-order valence-electron chi connectivity index (χ4n) is 5.22. The number of rotatable bonds is 7. The summed E-state index contributed by atoms with van der Waals surface area (Å²) in [6.07, 6.45) is 3.90. The summed E-state index contributed by atoms with van der Waals surface area (Å²) in [6.45, 7) is 1.90. The molecule has 1 heterocycles. The van der Waals surface area contributed by atoms with E-state index < -0.39 is 6.09 Å². The summed E-state index contributed by atoms with van der Waals surface area (Å²) in [6, 6.07) is 12.4. The first-order chi connectivity index (χ1) is 19.3. The lowest BCUT2D eigenvalue weighted by atomic mass is 9.86. The number of benzene rings is 2. The van der Waals surface area contributed by atoms with E-state index in [-0.39, 0.29) is 35.8 Å². The van der Waals surface area contributed by atoms with Crippen molar-refractivity contribution in [2.24, 2.45) is 5.92 Å². The molecule has 2 aromatic carbocycles. The molecule has 0 aromatic heterocycles. The Labute approximate surface area is 234 Å². The second-order valence-corrected chi connectivity index (χ2v) is 10.4. The van der Waals surface area contributed by atoms with Gasteiger partial charge in [-0.05, 0) is 68.8 Å². The highest BCUT2D eigenvalue weighted by atomic mass is 16.5. The van der Waals surface area contributed by atoms with E-state index in [0.29, 0.717) is 42.6 Å². The summed E-state index contributed by atoms with van der Waals surface area (Å²) in [5.41, 5.74) is 2.60. The van der Waals surface area contributed by atoms with Gasteiger partial charge in [-0.2, -0.15) is 0 Å². The number of methoxy groups -OCH3 is 2. The van der Waals surface area contributed by atoms with Gasteiger partial charge in [-0.15, -0.1) is 0 Å². The Morgan fingerprint density at radius 3 is 2.17 bits per heavy atom. The second-order valence-electron chi connectivity index (χ2n) is 10.4. The molecular weight excluding hydrogens is 512 g/mol. The normalized spacial score (nSPS) is 19.8. The molecule has 1 saturated heterocycles. The highest BCUT2D eigenvalue weighted by Crippen LogP contribution is 2.30. The number of hydrogen-bond acceptors (Lipinski definition) is 8. The van der Waals surface area contributed by atoms with Gasteiger partial charge in [-0.1, -0.05) is 30.3 Å². The summed E-state index contributed by atoms with van der Waals surface area (Å²) < 4.78 is 15.8. The fraction of sp³-hybridized carbons (Fsp3) is 0.467. The van der Waals surface area contributed by atoms with Crippen molar-refractivity contribution in [2.45, 2.75) is 50.7 Å². The van der Waals surface area contributed by atoms with Crippen molar-refractivity contribution in [1.29, 1.82) is 5.41 Å². The lowest BCUT2D eigenvalue weighted by Crippen LogP contribution is -2.40. The minimum Gasteiger partial charge on any atom is -0.496 e. The van der Waals surface area contributed by atoms with Crippen LogP contribution in [0, 0.1) is 11.3 Å². The van der Waals surface area contributed by atoms with Gasteiger partial charge in [0.2, 0.25) is 0 Å². The number of piperidine rings is 1. The first-order valence-corrected chi connectivity index (χ1v) is 13.7. The molecule has 1 aliphatic carbocycles. The standard InChI is InChI=1S/C30H38N4O6/c1-34-16-14-24(15-17-34)40-29(36)21-8-11-23(12-9-21)32-28(35)25-18-22(10-13-26(25)38-2)19-4-6-20(7-5-19)27(31)33-30(37)39-3/h4-7,10,13,18,21,23-24H,8-9,11-12,14-17H2,1-3H3,(H,32,35)(H2,31,33,37). The molecule has 2 fully saturated rings. The maximum Gasteiger partial charge on any atom is 0.412 e. The van der Waals surface area contributed by atoms with Crippen LogP contribution in [0.1, 0.15) is 54.4 Å². The Morgan fingerprint density at radius 2 is 1.55 bits per heavy atom. The van der Waals surface area contributed by atoms with Crippen LogP contribution in [0.2, 0.25) is 0 Å². The highest BCUT2D eigenvalue weighted by Gasteiger charge is 2.31. The third-order valence-corrected chi connectivity index (χ3v) is 7.71. The van der Waals surface area contributed by atoms with Gasteiger partial charge in [0.05, 0.1) is 25.7 Å². The topological polar surface area (TPSA) is 130 Å². The van der Waals surface area contributed by atoms with E-state index >= 15 is 0 Å². The molecule has 0 unspecified atom stereocenters. The van der Waals surface area contributed by atoms with Crippen LogP contribution in [0.15, 0.2) is 42.5 Å². The Balaban J connectivity index is 1.34. The fourth-order valence-corrected chi connectivity index (χ4v) is 5.22. The number of carbonyl (C=O) groups is 3. The van der Waals surface area contributed by atoms with E-state index in [0.717, 1.165) is 37.1 Å². The van der Waals surface area contributed by atoms with E-state index in [4.69, 9.17) is 14.9 Å². The number of likely N-dealkylation sites (tertiary alicyclic amines) is 1. The lowest BCUT2D eigenvalue weighted by Gasteiger charge is -2.32. The minimum absolute atomic E-state index is 0.0146. The number of amides is 2. The van der Waals surface area contributed by atoms with Gasteiger partial charge in [0.25, 0.3) is 5.91 Å². The number of esters is 1. The van der Waals surface area contributed by atoms with Gasteiger partial charge in [-0.3, -0.25) is 20.3 Å². The molecule has 214 valence electrons. The van der Waals surface area contributed by atoms with Crippen molar-refractivity contribution in [3.8, 4) is 16.9 Å². The average Bonchev–Trinajstić information content (AvgIpc) is 2.98. The third-order valence-electron chi connectivity index (χ3n) is 7.71. The summed E-state index contributed by atoms with van der Waals surface area (Å²) in [5, 5.41) is 13.5. The summed E-state index contributed by atoms with van der Waals surface area (Å²) in [5.74, 6) is -0.0408. The molecule has 4 rings (SSSR count). The zero-order chi connectivity index (χ0) is 28.6. The second kappa shape index (κ2) is 13.4. The molecule has 10 nitrogen and oxygen atoms in total. The van der Waals surface area contributed by atoms with Gasteiger partial charge >= 0.3 is 12.1 Å².